The molecule has 1 aliphatic heterocycles. The Hall–Kier alpha value is -3.82. The molecule has 8 nitrogen and oxygen atoms in total. The average molecular weight is 489 g/mol. The van der Waals surface area contributed by atoms with Crippen molar-refractivity contribution in [3.63, 3.8) is 0 Å². The lowest BCUT2D eigenvalue weighted by Crippen LogP contribution is -2.36. The van der Waals surface area contributed by atoms with Gasteiger partial charge in [-0.15, -0.1) is 0 Å². The summed E-state index contributed by atoms with van der Waals surface area (Å²) < 4.78 is 26.2. The molecule has 2 aromatic carbocycles. The number of nitrogens with one attached hydrogen (secondary N) is 1. The third-order valence-corrected chi connectivity index (χ3v) is 5.99. The van der Waals surface area contributed by atoms with Gasteiger partial charge in [0.1, 0.15) is 24.0 Å². The first-order valence-corrected chi connectivity index (χ1v) is 12.0. The first-order chi connectivity index (χ1) is 17.6. The number of para-hydroxylation sites is 1. The molecule has 0 radical (unpaired) electrons. The van der Waals surface area contributed by atoms with Gasteiger partial charge in [0.25, 0.3) is 0 Å². The van der Waals surface area contributed by atoms with Crippen LogP contribution in [0.5, 0.6) is 5.75 Å². The number of pyridine rings is 1. The maximum Gasteiger partial charge on any atom is 0.227 e. The van der Waals surface area contributed by atoms with Gasteiger partial charge in [-0.05, 0) is 38.4 Å². The zero-order valence-corrected chi connectivity index (χ0v) is 20.4. The van der Waals surface area contributed by atoms with Crippen molar-refractivity contribution in [2.75, 3.05) is 63.8 Å². The molecule has 36 heavy (non-hydrogen) atoms. The fourth-order valence-electron chi connectivity index (χ4n) is 4.05. The molecule has 0 atom stereocenters. The lowest BCUT2D eigenvalue weighted by atomic mass is 10.0. The molecular weight excluding hydrogens is 459 g/mol. The van der Waals surface area contributed by atoms with Crippen LogP contribution < -0.4 is 15.0 Å². The van der Waals surface area contributed by atoms with E-state index in [1.54, 1.807) is 24.5 Å². The van der Waals surface area contributed by atoms with E-state index in [1.165, 1.54) is 6.07 Å². The third-order valence-electron chi connectivity index (χ3n) is 5.99. The number of nitrogens with zero attached hydrogens (tertiary/aromatic N) is 5. The number of fused-ring (bicyclic) bond motifs is 1. The Labute approximate surface area is 209 Å². The second-order valence-electron chi connectivity index (χ2n) is 8.86. The highest BCUT2D eigenvalue weighted by Crippen LogP contribution is 2.32. The number of hydrogen-bond donors (Lipinski definition) is 1. The molecule has 3 heterocycles. The summed E-state index contributed by atoms with van der Waals surface area (Å²) in [6.07, 6.45) is 3.50. The summed E-state index contributed by atoms with van der Waals surface area (Å²) in [5, 5.41) is 4.04. The van der Waals surface area contributed by atoms with Gasteiger partial charge in [0.05, 0.1) is 30.6 Å². The van der Waals surface area contributed by atoms with E-state index in [0.29, 0.717) is 48.2 Å². The number of rotatable bonds is 8. The van der Waals surface area contributed by atoms with Crippen molar-refractivity contribution in [1.29, 1.82) is 0 Å². The minimum absolute atomic E-state index is 0.360. The largest absolute Gasteiger partial charge is 0.492 e. The van der Waals surface area contributed by atoms with Gasteiger partial charge in [0.15, 0.2) is 0 Å². The van der Waals surface area contributed by atoms with Crippen LogP contribution in [-0.2, 0) is 4.74 Å². The van der Waals surface area contributed by atoms with Crippen LogP contribution in [-0.4, -0.2) is 73.4 Å². The van der Waals surface area contributed by atoms with Crippen molar-refractivity contribution < 1.29 is 13.9 Å². The van der Waals surface area contributed by atoms with Gasteiger partial charge in [-0.25, -0.2) is 19.3 Å². The lowest BCUT2D eigenvalue weighted by molar-refractivity contribution is 0.122. The average Bonchev–Trinajstić information content (AvgIpc) is 2.89. The van der Waals surface area contributed by atoms with E-state index in [0.717, 1.165) is 36.5 Å². The van der Waals surface area contributed by atoms with Crippen molar-refractivity contribution in [3.8, 4) is 16.9 Å². The maximum absolute atomic E-state index is 15.1. The molecule has 5 rings (SSSR count). The summed E-state index contributed by atoms with van der Waals surface area (Å²) in [6.45, 7) is 4.32. The normalized spacial score (nSPS) is 13.8. The highest BCUT2D eigenvalue weighted by molar-refractivity contribution is 5.94. The molecule has 186 valence electrons. The van der Waals surface area contributed by atoms with Crippen molar-refractivity contribution in [1.82, 2.24) is 19.9 Å². The molecule has 1 aliphatic rings. The van der Waals surface area contributed by atoms with E-state index < -0.39 is 0 Å². The predicted octanol–water partition coefficient (Wildman–Crippen LogP) is 4.35. The molecule has 1 N–H and O–H groups in total. The summed E-state index contributed by atoms with van der Waals surface area (Å²) in [5.74, 6) is 1.47. The molecule has 0 bridgehead atoms. The van der Waals surface area contributed by atoms with Crippen molar-refractivity contribution >= 4 is 28.4 Å². The Morgan fingerprint density at radius 3 is 2.64 bits per heavy atom. The van der Waals surface area contributed by atoms with Gasteiger partial charge < -0.3 is 24.6 Å². The first kappa shape index (κ1) is 23.9. The minimum atomic E-state index is -0.360. The first-order valence-electron chi connectivity index (χ1n) is 12.0. The third kappa shape index (κ3) is 5.53. The smallest absolute Gasteiger partial charge is 0.227 e. The minimum Gasteiger partial charge on any atom is -0.492 e. The van der Waals surface area contributed by atoms with Crippen LogP contribution in [0, 0.1) is 5.82 Å². The predicted molar refractivity (Wildman–Crippen MR) is 140 cm³/mol. The number of hydrogen-bond acceptors (Lipinski definition) is 8. The van der Waals surface area contributed by atoms with E-state index in [1.807, 2.05) is 49.3 Å². The second-order valence-corrected chi connectivity index (χ2v) is 8.86. The number of benzene rings is 2. The molecule has 2 aromatic heterocycles. The summed E-state index contributed by atoms with van der Waals surface area (Å²) in [7, 11) is 3.94. The highest BCUT2D eigenvalue weighted by Gasteiger charge is 2.14. The fraction of sp³-hybridized carbons (Fsp3) is 0.296. The number of morpholine rings is 1. The Morgan fingerprint density at radius 1 is 1.03 bits per heavy atom. The topological polar surface area (TPSA) is 75.6 Å². The summed E-state index contributed by atoms with van der Waals surface area (Å²) in [4.78, 5) is 17.9. The van der Waals surface area contributed by atoms with E-state index in [9.17, 15) is 0 Å². The van der Waals surface area contributed by atoms with Crippen LogP contribution >= 0.6 is 0 Å². The fourth-order valence-corrected chi connectivity index (χ4v) is 4.05. The van der Waals surface area contributed by atoms with Gasteiger partial charge >= 0.3 is 0 Å². The van der Waals surface area contributed by atoms with Gasteiger partial charge in [0, 0.05) is 48.4 Å². The Bertz CT molecular complexity index is 1330. The van der Waals surface area contributed by atoms with Crippen LogP contribution in [0.25, 0.3) is 22.0 Å². The summed E-state index contributed by atoms with van der Waals surface area (Å²) >= 11 is 0. The number of ether oxygens (including phenoxy) is 2. The molecule has 1 fully saturated rings. The molecule has 0 aliphatic carbocycles. The molecule has 4 aromatic rings. The Morgan fingerprint density at radius 2 is 1.89 bits per heavy atom. The van der Waals surface area contributed by atoms with Gasteiger partial charge in [-0.3, -0.25) is 0 Å². The van der Waals surface area contributed by atoms with E-state index in [-0.39, 0.29) is 5.82 Å². The number of halogens is 1. The van der Waals surface area contributed by atoms with Crippen molar-refractivity contribution in [3.05, 3.63) is 66.7 Å². The lowest BCUT2D eigenvalue weighted by Gasteiger charge is -2.27. The molecule has 9 heteroatoms. The summed E-state index contributed by atoms with van der Waals surface area (Å²) in [5.41, 5.74) is 2.58. The van der Waals surface area contributed by atoms with E-state index >= 15 is 4.39 Å². The van der Waals surface area contributed by atoms with Gasteiger partial charge in [-0.1, -0.05) is 18.2 Å². The highest BCUT2D eigenvalue weighted by atomic mass is 19.1. The van der Waals surface area contributed by atoms with Gasteiger partial charge in [0.2, 0.25) is 5.95 Å². The van der Waals surface area contributed by atoms with E-state index in [4.69, 9.17) is 14.5 Å². The van der Waals surface area contributed by atoms with Crippen LogP contribution in [0.4, 0.5) is 21.8 Å². The Balaban J connectivity index is 1.37. The molecule has 0 amide bonds. The number of aromatic nitrogens is 3. The molecule has 0 saturated carbocycles. The summed E-state index contributed by atoms with van der Waals surface area (Å²) in [6, 6.07) is 14.5. The van der Waals surface area contributed by atoms with Crippen LogP contribution in [0.15, 0.2) is 60.9 Å². The SMILES string of the molecule is CN(C)CCOc1ccc(-c2cccc3cnc(Nc4ccc(N5CCOCC5)nc4)nc23)c(F)c1. The number of likely N-dealkylation sites (N-methyl/N-ethyl adjacent to an activating group) is 1. The monoisotopic (exact) mass is 488 g/mol. The van der Waals surface area contributed by atoms with E-state index in [2.05, 4.69) is 20.2 Å². The quantitative estimate of drug-likeness (QED) is 0.392. The molecule has 1 saturated heterocycles. The van der Waals surface area contributed by atoms with Crippen LogP contribution in [0.2, 0.25) is 0 Å². The maximum atomic E-state index is 15.1. The Kier molecular flexibility index (Phi) is 7.20. The van der Waals surface area contributed by atoms with Crippen molar-refractivity contribution in [2.24, 2.45) is 0 Å². The van der Waals surface area contributed by atoms with Crippen LogP contribution in [0.3, 0.4) is 0 Å². The van der Waals surface area contributed by atoms with Crippen molar-refractivity contribution in [2.45, 2.75) is 0 Å². The standard InChI is InChI=1S/C27H29FN6O2/c1-33(2)10-15-36-21-7-8-22(24(28)16-21)23-5-3-4-19-17-30-27(32-26(19)23)31-20-6-9-25(29-18-20)34-11-13-35-14-12-34/h3-9,16-18H,10-15H2,1-2H3,(H,30,31,32). The number of anilines is 3. The molecule has 0 spiro atoms. The zero-order valence-electron chi connectivity index (χ0n) is 20.4. The molecular formula is C27H29FN6O2. The zero-order chi connectivity index (χ0) is 24.9. The van der Waals surface area contributed by atoms with Gasteiger partial charge in [-0.2, -0.15) is 0 Å². The second kappa shape index (κ2) is 10.8. The van der Waals surface area contributed by atoms with Crippen LogP contribution in [0.1, 0.15) is 0 Å². The molecule has 0 unspecified atom stereocenters.